The fourth-order valence-corrected chi connectivity index (χ4v) is 8.57. The SMILES string of the molecule is COCO[C@H]1CC(COS(=O)(=O)Cc2ccccc2)[C@H]2[C@@H]3CCc4cc(OC)ccc4[C@H]3CC[C@]12C. The third-order valence-corrected chi connectivity index (χ3v) is 10.2. The minimum Gasteiger partial charge on any atom is -0.497 e. The van der Waals surface area contributed by atoms with Gasteiger partial charge in [0.1, 0.15) is 18.3 Å². The third kappa shape index (κ3) is 4.95. The Morgan fingerprint density at radius 2 is 1.86 bits per heavy atom. The van der Waals surface area contributed by atoms with Crippen molar-refractivity contribution < 1.29 is 26.8 Å². The molecule has 0 bridgehead atoms. The summed E-state index contributed by atoms with van der Waals surface area (Å²) in [6.07, 6.45) is 5.10. The van der Waals surface area contributed by atoms with Gasteiger partial charge in [0.05, 0.1) is 19.8 Å². The van der Waals surface area contributed by atoms with Gasteiger partial charge in [-0.25, -0.2) is 0 Å². The molecular formula is C29H38O6S. The predicted molar refractivity (Wildman–Crippen MR) is 138 cm³/mol. The number of aryl methyl sites for hydroxylation is 1. The lowest BCUT2D eigenvalue weighted by Gasteiger charge is -2.51. The first-order valence-corrected chi connectivity index (χ1v) is 14.6. The Morgan fingerprint density at radius 3 is 2.61 bits per heavy atom. The molecule has 0 aromatic heterocycles. The van der Waals surface area contributed by atoms with Crippen molar-refractivity contribution in [2.45, 2.75) is 56.8 Å². The summed E-state index contributed by atoms with van der Waals surface area (Å²) in [5, 5.41) is 0. The van der Waals surface area contributed by atoms with Crippen LogP contribution in [0.5, 0.6) is 5.75 Å². The van der Waals surface area contributed by atoms with E-state index < -0.39 is 10.1 Å². The molecule has 6 atom stereocenters. The molecular weight excluding hydrogens is 476 g/mol. The van der Waals surface area contributed by atoms with Crippen LogP contribution in [-0.2, 0) is 35.9 Å². The van der Waals surface area contributed by atoms with Gasteiger partial charge in [-0.05, 0) is 90.0 Å². The Bertz CT molecular complexity index is 1150. The summed E-state index contributed by atoms with van der Waals surface area (Å²) >= 11 is 0. The van der Waals surface area contributed by atoms with E-state index in [4.69, 9.17) is 18.4 Å². The van der Waals surface area contributed by atoms with Crippen molar-refractivity contribution in [3.8, 4) is 5.75 Å². The van der Waals surface area contributed by atoms with Crippen LogP contribution < -0.4 is 4.74 Å². The third-order valence-electron chi connectivity index (χ3n) is 9.03. The first-order chi connectivity index (χ1) is 17.3. The average molecular weight is 515 g/mol. The topological polar surface area (TPSA) is 71.1 Å². The number of rotatable bonds is 9. The summed E-state index contributed by atoms with van der Waals surface area (Å²) in [5.41, 5.74) is 3.54. The second kappa shape index (κ2) is 10.4. The first kappa shape index (κ1) is 25.7. The minimum absolute atomic E-state index is 0.0269. The number of ether oxygens (including phenoxy) is 3. The average Bonchev–Trinajstić information content (AvgIpc) is 3.17. The van der Waals surface area contributed by atoms with Crippen LogP contribution in [0, 0.1) is 23.2 Å². The maximum Gasteiger partial charge on any atom is 0.271 e. The quantitative estimate of drug-likeness (QED) is 0.334. The molecule has 0 radical (unpaired) electrons. The van der Waals surface area contributed by atoms with Gasteiger partial charge in [-0.1, -0.05) is 43.3 Å². The molecule has 0 heterocycles. The highest BCUT2D eigenvalue weighted by Gasteiger charge is 2.59. The van der Waals surface area contributed by atoms with E-state index in [1.807, 2.05) is 30.3 Å². The van der Waals surface area contributed by atoms with E-state index in [9.17, 15) is 8.42 Å². The number of hydrogen-bond acceptors (Lipinski definition) is 6. The van der Waals surface area contributed by atoms with Crippen LogP contribution in [-0.4, -0.2) is 42.1 Å². The molecule has 7 heteroatoms. The van der Waals surface area contributed by atoms with Crippen molar-refractivity contribution in [2.24, 2.45) is 23.2 Å². The Morgan fingerprint density at radius 1 is 1.06 bits per heavy atom. The maximum atomic E-state index is 12.9. The van der Waals surface area contributed by atoms with Gasteiger partial charge in [0.15, 0.2) is 0 Å². The molecule has 0 N–H and O–H groups in total. The molecule has 196 valence electrons. The van der Waals surface area contributed by atoms with E-state index in [0.29, 0.717) is 17.8 Å². The van der Waals surface area contributed by atoms with Gasteiger partial charge in [0.2, 0.25) is 0 Å². The van der Waals surface area contributed by atoms with E-state index in [-0.39, 0.29) is 36.6 Å². The fourth-order valence-electron chi connectivity index (χ4n) is 7.51. The van der Waals surface area contributed by atoms with Crippen molar-refractivity contribution >= 4 is 10.1 Å². The molecule has 0 amide bonds. The lowest BCUT2D eigenvalue weighted by atomic mass is 9.54. The molecule has 3 aliphatic rings. The van der Waals surface area contributed by atoms with Gasteiger partial charge in [0.25, 0.3) is 10.1 Å². The molecule has 3 aliphatic carbocycles. The van der Waals surface area contributed by atoms with Gasteiger partial charge >= 0.3 is 0 Å². The molecule has 5 rings (SSSR count). The van der Waals surface area contributed by atoms with Gasteiger partial charge in [-0.2, -0.15) is 8.42 Å². The monoisotopic (exact) mass is 514 g/mol. The zero-order valence-corrected chi connectivity index (χ0v) is 22.3. The Balaban J connectivity index is 1.38. The van der Waals surface area contributed by atoms with E-state index in [2.05, 4.69) is 25.1 Å². The summed E-state index contributed by atoms with van der Waals surface area (Å²) in [7, 11) is -0.315. The van der Waals surface area contributed by atoms with Crippen molar-refractivity contribution in [3.63, 3.8) is 0 Å². The smallest absolute Gasteiger partial charge is 0.271 e. The van der Waals surface area contributed by atoms with Gasteiger partial charge in [-0.15, -0.1) is 0 Å². The van der Waals surface area contributed by atoms with E-state index in [0.717, 1.165) is 43.4 Å². The molecule has 1 unspecified atom stereocenters. The normalized spacial score (nSPS) is 31.4. The summed E-state index contributed by atoms with van der Waals surface area (Å²) in [5.74, 6) is 2.22. The lowest BCUT2D eigenvalue weighted by Crippen LogP contribution is -2.46. The molecule has 6 nitrogen and oxygen atoms in total. The van der Waals surface area contributed by atoms with Crippen LogP contribution >= 0.6 is 0 Å². The minimum atomic E-state index is -3.68. The molecule has 2 fully saturated rings. The van der Waals surface area contributed by atoms with Crippen LogP contribution in [0.4, 0.5) is 0 Å². The molecule has 2 aromatic carbocycles. The number of benzene rings is 2. The maximum absolute atomic E-state index is 12.9. The highest BCUT2D eigenvalue weighted by Crippen LogP contribution is 2.63. The van der Waals surface area contributed by atoms with E-state index in [1.54, 1.807) is 14.2 Å². The largest absolute Gasteiger partial charge is 0.497 e. The molecule has 36 heavy (non-hydrogen) atoms. The lowest BCUT2D eigenvalue weighted by molar-refractivity contribution is -0.125. The fraction of sp³-hybridized carbons (Fsp3) is 0.586. The summed E-state index contributed by atoms with van der Waals surface area (Å²) < 4.78 is 48.4. The number of methoxy groups -OCH3 is 2. The van der Waals surface area contributed by atoms with Crippen molar-refractivity contribution in [2.75, 3.05) is 27.6 Å². The zero-order chi connectivity index (χ0) is 25.3. The van der Waals surface area contributed by atoms with Crippen LogP contribution in [0.1, 0.15) is 55.2 Å². The number of fused-ring (bicyclic) bond motifs is 5. The van der Waals surface area contributed by atoms with E-state index >= 15 is 0 Å². The summed E-state index contributed by atoms with van der Waals surface area (Å²) in [6, 6.07) is 15.7. The zero-order valence-electron chi connectivity index (χ0n) is 21.5. The molecule has 2 saturated carbocycles. The molecule has 0 aliphatic heterocycles. The highest BCUT2D eigenvalue weighted by molar-refractivity contribution is 7.85. The summed E-state index contributed by atoms with van der Waals surface area (Å²) in [4.78, 5) is 0. The molecule has 0 saturated heterocycles. The van der Waals surface area contributed by atoms with Gasteiger partial charge in [0, 0.05) is 7.11 Å². The highest BCUT2D eigenvalue weighted by atomic mass is 32.2. The predicted octanol–water partition coefficient (Wildman–Crippen LogP) is 5.31. The van der Waals surface area contributed by atoms with E-state index in [1.165, 1.54) is 11.1 Å². The van der Waals surface area contributed by atoms with Crippen molar-refractivity contribution in [3.05, 3.63) is 65.2 Å². The van der Waals surface area contributed by atoms with Crippen LogP contribution in [0.3, 0.4) is 0 Å². The Kier molecular flexibility index (Phi) is 7.46. The molecule has 0 spiro atoms. The van der Waals surface area contributed by atoms with Crippen LogP contribution in [0.25, 0.3) is 0 Å². The summed E-state index contributed by atoms with van der Waals surface area (Å²) in [6.45, 7) is 2.81. The first-order valence-electron chi connectivity index (χ1n) is 13.0. The standard InChI is InChI=1S/C29H38O6S/c1-29-14-13-25-24-12-10-23(33-3)15-21(24)9-11-26(25)28(29)22(16-27(29)34-19-32-2)17-35-36(30,31)18-20-7-5-4-6-8-20/h4-8,10,12,15,22,25-28H,9,11,13-14,16-19H2,1-3H3/t22?,25-,26-,27+,28+,29-/m1/s1. The van der Waals surface area contributed by atoms with Crippen LogP contribution in [0.15, 0.2) is 48.5 Å². The Hall–Kier alpha value is -1.93. The Labute approximate surface area is 215 Å². The van der Waals surface area contributed by atoms with Gasteiger partial charge in [-0.3, -0.25) is 4.18 Å². The van der Waals surface area contributed by atoms with Crippen molar-refractivity contribution in [1.29, 1.82) is 0 Å². The second-order valence-corrected chi connectivity index (χ2v) is 12.6. The van der Waals surface area contributed by atoms with Crippen molar-refractivity contribution in [1.82, 2.24) is 0 Å². The van der Waals surface area contributed by atoms with Gasteiger partial charge < -0.3 is 14.2 Å². The number of hydrogen-bond donors (Lipinski definition) is 0. The van der Waals surface area contributed by atoms with Crippen LogP contribution in [0.2, 0.25) is 0 Å². The molecule has 2 aromatic rings. The second-order valence-electron chi connectivity index (χ2n) is 11.0.